The topological polar surface area (TPSA) is 45.8 Å². The van der Waals surface area contributed by atoms with Gasteiger partial charge in [0.2, 0.25) is 0 Å². The Bertz CT molecular complexity index is 298. The van der Waals surface area contributed by atoms with Crippen molar-refractivity contribution in [2.45, 2.75) is 25.1 Å². The molecule has 0 saturated carbocycles. The lowest BCUT2D eigenvalue weighted by Crippen LogP contribution is -1.92. The maximum Gasteiger partial charge on any atom is 0.171 e. The van der Waals surface area contributed by atoms with Crippen LogP contribution in [0, 0.1) is 0 Å². The average Bonchev–Trinajstić information content (AvgIpc) is 2.47. The fourth-order valence-corrected chi connectivity index (χ4v) is 1.51. The molecule has 13 heavy (non-hydrogen) atoms. The van der Waals surface area contributed by atoms with Crippen LogP contribution >= 0.6 is 23.2 Å². The highest BCUT2D eigenvalue weighted by molar-refractivity contribution is 6.31. The van der Waals surface area contributed by atoms with Crippen molar-refractivity contribution in [1.29, 1.82) is 0 Å². The number of aromatic amines is 1. The molecule has 1 unspecified atom stereocenters. The number of imidazole rings is 1. The Morgan fingerprint density at radius 2 is 2.38 bits per heavy atom. The molecule has 0 aliphatic carbocycles. The van der Waals surface area contributed by atoms with Gasteiger partial charge in [0.05, 0.1) is 5.38 Å². The SMILES string of the molecule is CCCC(Cl)c1nc(C=O)c(Cl)[nH]1. The fraction of sp³-hybridized carbons (Fsp3) is 0.500. The second kappa shape index (κ2) is 4.63. The Hall–Kier alpha value is -0.540. The molecule has 1 atom stereocenters. The molecule has 0 aliphatic heterocycles. The van der Waals surface area contributed by atoms with Crippen molar-refractivity contribution in [3.8, 4) is 0 Å². The number of aromatic nitrogens is 2. The number of rotatable bonds is 4. The first-order valence-electron chi connectivity index (χ1n) is 4.03. The molecule has 1 aromatic heterocycles. The number of nitrogens with one attached hydrogen (secondary N) is 1. The summed E-state index contributed by atoms with van der Waals surface area (Å²) in [6.45, 7) is 2.03. The number of hydrogen-bond acceptors (Lipinski definition) is 2. The third-order valence-electron chi connectivity index (χ3n) is 1.65. The monoisotopic (exact) mass is 220 g/mol. The first kappa shape index (κ1) is 10.5. The molecule has 1 N–H and O–H groups in total. The van der Waals surface area contributed by atoms with Gasteiger partial charge in [-0.25, -0.2) is 4.98 Å². The molecule has 0 aromatic carbocycles. The van der Waals surface area contributed by atoms with Gasteiger partial charge in [-0.05, 0) is 6.42 Å². The van der Waals surface area contributed by atoms with Crippen molar-refractivity contribution in [2.75, 3.05) is 0 Å². The fourth-order valence-electron chi connectivity index (χ4n) is 1.000. The zero-order chi connectivity index (χ0) is 9.84. The second-order valence-corrected chi connectivity index (χ2v) is 3.60. The van der Waals surface area contributed by atoms with Gasteiger partial charge < -0.3 is 4.98 Å². The van der Waals surface area contributed by atoms with E-state index in [1.807, 2.05) is 6.92 Å². The third kappa shape index (κ3) is 2.45. The van der Waals surface area contributed by atoms with Crippen LogP contribution in [0.15, 0.2) is 0 Å². The van der Waals surface area contributed by atoms with E-state index < -0.39 is 0 Å². The van der Waals surface area contributed by atoms with Crippen molar-refractivity contribution in [2.24, 2.45) is 0 Å². The molecule has 0 aliphatic rings. The standard InChI is InChI=1S/C8H10Cl2N2O/c1-2-3-5(9)8-11-6(4-13)7(10)12-8/h4-5H,2-3H2,1H3,(H,11,12). The minimum absolute atomic E-state index is 0.198. The lowest BCUT2D eigenvalue weighted by Gasteiger charge is -2.02. The molecule has 0 amide bonds. The van der Waals surface area contributed by atoms with E-state index >= 15 is 0 Å². The van der Waals surface area contributed by atoms with Crippen molar-refractivity contribution >= 4 is 29.5 Å². The van der Waals surface area contributed by atoms with Crippen LogP contribution in [-0.4, -0.2) is 16.3 Å². The van der Waals surface area contributed by atoms with E-state index in [9.17, 15) is 4.79 Å². The number of halogens is 2. The van der Waals surface area contributed by atoms with Gasteiger partial charge in [0.25, 0.3) is 0 Å². The van der Waals surface area contributed by atoms with E-state index in [1.165, 1.54) is 0 Å². The van der Waals surface area contributed by atoms with Crippen molar-refractivity contribution in [3.05, 3.63) is 16.7 Å². The summed E-state index contributed by atoms with van der Waals surface area (Å²) in [7, 11) is 0. The minimum atomic E-state index is -0.198. The van der Waals surface area contributed by atoms with Gasteiger partial charge >= 0.3 is 0 Å². The summed E-state index contributed by atoms with van der Waals surface area (Å²) in [4.78, 5) is 17.1. The molecule has 72 valence electrons. The molecule has 1 heterocycles. The van der Waals surface area contributed by atoms with Crippen LogP contribution in [0.5, 0.6) is 0 Å². The largest absolute Gasteiger partial charge is 0.331 e. The molecule has 3 nitrogen and oxygen atoms in total. The maximum absolute atomic E-state index is 10.4. The molecule has 5 heteroatoms. The Labute approximate surface area is 86.5 Å². The number of H-pyrrole nitrogens is 1. The molecular formula is C8H10Cl2N2O. The predicted molar refractivity (Wildman–Crippen MR) is 52.5 cm³/mol. The Balaban J connectivity index is 2.83. The Morgan fingerprint density at radius 1 is 1.69 bits per heavy atom. The van der Waals surface area contributed by atoms with E-state index in [4.69, 9.17) is 23.2 Å². The number of alkyl halides is 1. The molecule has 0 spiro atoms. The molecule has 0 radical (unpaired) electrons. The van der Waals surface area contributed by atoms with Gasteiger partial charge in [0, 0.05) is 0 Å². The van der Waals surface area contributed by atoms with Gasteiger partial charge in [-0.15, -0.1) is 11.6 Å². The average molecular weight is 221 g/mol. The van der Waals surface area contributed by atoms with Gasteiger partial charge in [0.15, 0.2) is 6.29 Å². The van der Waals surface area contributed by atoms with Crippen LogP contribution in [0.25, 0.3) is 0 Å². The number of nitrogens with zero attached hydrogens (tertiary/aromatic N) is 1. The summed E-state index contributed by atoms with van der Waals surface area (Å²) in [5, 5.41) is 0.0583. The number of hydrogen-bond donors (Lipinski definition) is 1. The number of carbonyl (C=O) groups excluding carboxylic acids is 1. The highest BCUT2D eigenvalue weighted by Crippen LogP contribution is 2.25. The smallest absolute Gasteiger partial charge is 0.171 e. The normalized spacial score (nSPS) is 12.8. The first-order chi connectivity index (χ1) is 6.19. The quantitative estimate of drug-likeness (QED) is 0.627. The summed E-state index contributed by atoms with van der Waals surface area (Å²) in [5.74, 6) is 0.565. The van der Waals surface area contributed by atoms with E-state index in [-0.39, 0.29) is 16.2 Å². The van der Waals surface area contributed by atoms with E-state index in [2.05, 4.69) is 9.97 Å². The van der Waals surface area contributed by atoms with Crippen LogP contribution in [0.4, 0.5) is 0 Å². The first-order valence-corrected chi connectivity index (χ1v) is 4.85. The zero-order valence-electron chi connectivity index (χ0n) is 7.18. The third-order valence-corrected chi connectivity index (χ3v) is 2.37. The van der Waals surface area contributed by atoms with E-state index in [0.29, 0.717) is 12.1 Å². The summed E-state index contributed by atoms with van der Waals surface area (Å²) < 4.78 is 0. The van der Waals surface area contributed by atoms with Gasteiger partial charge in [0.1, 0.15) is 16.7 Å². The summed E-state index contributed by atoms with van der Waals surface area (Å²) in [6, 6.07) is 0. The van der Waals surface area contributed by atoms with E-state index in [0.717, 1.165) is 12.8 Å². The van der Waals surface area contributed by atoms with Crippen molar-refractivity contribution < 1.29 is 4.79 Å². The molecule has 0 fully saturated rings. The Kier molecular flexibility index (Phi) is 3.75. The number of carbonyl (C=O) groups is 1. The van der Waals surface area contributed by atoms with Crippen molar-refractivity contribution in [3.63, 3.8) is 0 Å². The van der Waals surface area contributed by atoms with Crippen LogP contribution in [0.1, 0.15) is 41.5 Å². The lowest BCUT2D eigenvalue weighted by molar-refractivity contribution is 0.111. The summed E-state index contributed by atoms with van der Waals surface area (Å²) in [6.07, 6.45) is 2.38. The maximum atomic E-state index is 10.4. The molecule has 1 aromatic rings. The minimum Gasteiger partial charge on any atom is -0.331 e. The van der Waals surface area contributed by atoms with Crippen LogP contribution in [0.3, 0.4) is 0 Å². The molecule has 1 rings (SSSR count). The molecule has 0 saturated heterocycles. The molecular weight excluding hydrogens is 211 g/mol. The predicted octanol–water partition coefficient (Wildman–Crippen LogP) is 2.96. The Morgan fingerprint density at radius 3 is 2.85 bits per heavy atom. The van der Waals surface area contributed by atoms with Crippen LogP contribution in [-0.2, 0) is 0 Å². The summed E-state index contributed by atoms with van der Waals surface area (Å²) >= 11 is 11.7. The summed E-state index contributed by atoms with van der Waals surface area (Å²) in [5.41, 5.74) is 0.221. The van der Waals surface area contributed by atoms with E-state index in [1.54, 1.807) is 0 Å². The van der Waals surface area contributed by atoms with Gasteiger partial charge in [-0.1, -0.05) is 24.9 Å². The van der Waals surface area contributed by atoms with Crippen molar-refractivity contribution in [1.82, 2.24) is 9.97 Å². The highest BCUT2D eigenvalue weighted by atomic mass is 35.5. The number of aldehydes is 1. The second-order valence-electron chi connectivity index (χ2n) is 2.70. The van der Waals surface area contributed by atoms with Gasteiger partial charge in [-0.3, -0.25) is 4.79 Å². The van der Waals surface area contributed by atoms with Gasteiger partial charge in [-0.2, -0.15) is 0 Å². The van der Waals surface area contributed by atoms with Crippen LogP contribution in [0.2, 0.25) is 5.15 Å². The highest BCUT2D eigenvalue weighted by Gasteiger charge is 2.14. The zero-order valence-corrected chi connectivity index (χ0v) is 8.69. The molecule has 0 bridgehead atoms. The van der Waals surface area contributed by atoms with Crippen LogP contribution < -0.4 is 0 Å². The lowest BCUT2D eigenvalue weighted by atomic mass is 10.2.